The number of anilines is 1. The van der Waals surface area contributed by atoms with Gasteiger partial charge in [-0.2, -0.15) is 10.1 Å². The lowest BCUT2D eigenvalue weighted by Gasteiger charge is -2.37. The minimum atomic E-state index is -0.606. The highest BCUT2D eigenvalue weighted by molar-refractivity contribution is 7.20. The van der Waals surface area contributed by atoms with E-state index in [2.05, 4.69) is 58.9 Å². The topological polar surface area (TPSA) is 79.5 Å². The van der Waals surface area contributed by atoms with Crippen LogP contribution in [0.4, 0.5) is 5.82 Å². The number of piperidine rings is 1. The van der Waals surface area contributed by atoms with Gasteiger partial charge in [-0.3, -0.25) is 4.90 Å². The van der Waals surface area contributed by atoms with E-state index in [-0.39, 0.29) is 0 Å². The number of fused-ring (bicyclic) bond motifs is 1. The minimum Gasteiger partial charge on any atom is -0.390 e. The number of morpholine rings is 1. The van der Waals surface area contributed by atoms with Crippen LogP contribution in [0.15, 0.2) is 42.6 Å². The van der Waals surface area contributed by atoms with Crippen molar-refractivity contribution in [3.8, 4) is 29.0 Å². The number of ether oxygens (including phenoxy) is 1. The van der Waals surface area contributed by atoms with E-state index in [1.807, 2.05) is 26.1 Å². The SMILES string of the molecule is Cc1cccc(-c2ccn(-c3nc(N4CCOCC4)c4sc(C#CCN5CCC(C(C)(C)O)CC5)cc4n3)n2)c1. The molecule has 0 spiro atoms. The molecule has 0 amide bonds. The minimum absolute atomic E-state index is 0.355. The van der Waals surface area contributed by atoms with Gasteiger partial charge in [-0.15, -0.1) is 11.3 Å². The molecule has 8 nitrogen and oxygen atoms in total. The Kier molecular flexibility index (Phi) is 7.60. The van der Waals surface area contributed by atoms with Gasteiger partial charge < -0.3 is 14.7 Å². The van der Waals surface area contributed by atoms with Crippen LogP contribution in [0.1, 0.15) is 37.1 Å². The molecule has 1 N–H and O–H groups in total. The van der Waals surface area contributed by atoms with Crippen molar-refractivity contribution in [2.24, 2.45) is 5.92 Å². The lowest BCUT2D eigenvalue weighted by molar-refractivity contribution is -0.0108. The highest BCUT2D eigenvalue weighted by Gasteiger charge is 2.30. The highest BCUT2D eigenvalue weighted by Crippen LogP contribution is 2.33. The first-order valence-electron chi connectivity index (χ1n) is 14.0. The van der Waals surface area contributed by atoms with Gasteiger partial charge in [0.15, 0.2) is 5.82 Å². The summed E-state index contributed by atoms with van der Waals surface area (Å²) in [5, 5.41) is 15.1. The van der Waals surface area contributed by atoms with Crippen molar-refractivity contribution in [2.75, 3.05) is 50.8 Å². The molecule has 9 heteroatoms. The Labute approximate surface area is 239 Å². The molecule has 0 bridgehead atoms. The molecular weight excluding hydrogens is 520 g/mol. The molecular formula is C31H36N6O2S. The summed E-state index contributed by atoms with van der Waals surface area (Å²) in [6, 6.07) is 12.4. The van der Waals surface area contributed by atoms with Gasteiger partial charge in [0.25, 0.3) is 5.95 Å². The molecule has 40 heavy (non-hydrogen) atoms. The highest BCUT2D eigenvalue weighted by atomic mass is 32.1. The first-order chi connectivity index (χ1) is 19.3. The van der Waals surface area contributed by atoms with Crippen molar-refractivity contribution < 1.29 is 9.84 Å². The van der Waals surface area contributed by atoms with Gasteiger partial charge in [-0.25, -0.2) is 9.67 Å². The molecule has 2 aliphatic heterocycles. The lowest BCUT2D eigenvalue weighted by Crippen LogP contribution is -2.41. The van der Waals surface area contributed by atoms with E-state index < -0.39 is 5.60 Å². The summed E-state index contributed by atoms with van der Waals surface area (Å²) in [5.41, 5.74) is 3.45. The molecule has 0 radical (unpaired) electrons. The van der Waals surface area contributed by atoms with E-state index >= 15 is 0 Å². The smallest absolute Gasteiger partial charge is 0.253 e. The van der Waals surface area contributed by atoms with Gasteiger partial charge in [0.2, 0.25) is 0 Å². The second kappa shape index (κ2) is 11.3. The molecule has 4 aromatic rings. The molecule has 0 unspecified atom stereocenters. The number of nitrogens with zero attached hydrogens (tertiary/aromatic N) is 6. The van der Waals surface area contributed by atoms with Crippen LogP contribution in [0.3, 0.4) is 0 Å². The van der Waals surface area contributed by atoms with Crippen LogP contribution in [0, 0.1) is 24.7 Å². The predicted octanol–water partition coefficient (Wildman–Crippen LogP) is 4.52. The van der Waals surface area contributed by atoms with E-state index in [0.29, 0.717) is 25.1 Å². The zero-order valence-corrected chi connectivity index (χ0v) is 24.2. The van der Waals surface area contributed by atoms with Crippen molar-refractivity contribution >= 4 is 27.4 Å². The van der Waals surface area contributed by atoms with E-state index in [4.69, 9.17) is 19.8 Å². The summed E-state index contributed by atoms with van der Waals surface area (Å²) in [6.45, 7) is 11.5. The van der Waals surface area contributed by atoms with Gasteiger partial charge in [-0.05, 0) is 70.8 Å². The van der Waals surface area contributed by atoms with Crippen LogP contribution in [-0.2, 0) is 4.74 Å². The lowest BCUT2D eigenvalue weighted by atomic mass is 9.83. The van der Waals surface area contributed by atoms with Crippen molar-refractivity contribution in [3.05, 3.63) is 53.0 Å². The molecule has 208 valence electrons. The van der Waals surface area contributed by atoms with Crippen LogP contribution in [0.25, 0.3) is 27.4 Å². The number of aryl methyl sites for hydroxylation is 1. The number of aliphatic hydroxyl groups is 1. The third kappa shape index (κ3) is 5.91. The second-order valence-electron chi connectivity index (χ2n) is 11.3. The first kappa shape index (κ1) is 26.9. The van der Waals surface area contributed by atoms with Crippen molar-refractivity contribution in [3.63, 3.8) is 0 Å². The molecule has 0 aliphatic carbocycles. The van der Waals surface area contributed by atoms with Gasteiger partial charge in [0.05, 0.1) is 46.1 Å². The quantitative estimate of drug-likeness (QED) is 0.362. The van der Waals surface area contributed by atoms with Gasteiger partial charge in [0.1, 0.15) is 0 Å². The third-order valence-corrected chi connectivity index (χ3v) is 8.90. The monoisotopic (exact) mass is 556 g/mol. The fraction of sp³-hybridized carbons (Fsp3) is 0.452. The molecule has 6 rings (SSSR count). The summed E-state index contributed by atoms with van der Waals surface area (Å²) in [4.78, 5) is 15.6. The number of benzene rings is 1. The van der Waals surface area contributed by atoms with Crippen LogP contribution in [0.2, 0.25) is 0 Å². The Morgan fingerprint density at radius 3 is 2.62 bits per heavy atom. The predicted molar refractivity (Wildman–Crippen MR) is 160 cm³/mol. The van der Waals surface area contributed by atoms with E-state index in [0.717, 1.165) is 77.7 Å². The van der Waals surface area contributed by atoms with Crippen molar-refractivity contribution in [2.45, 2.75) is 39.2 Å². The van der Waals surface area contributed by atoms with Crippen LogP contribution < -0.4 is 4.90 Å². The number of aromatic nitrogens is 4. The summed E-state index contributed by atoms with van der Waals surface area (Å²) in [7, 11) is 0. The fourth-order valence-corrected chi connectivity index (χ4v) is 6.47. The summed E-state index contributed by atoms with van der Waals surface area (Å²) < 4.78 is 8.42. The van der Waals surface area contributed by atoms with Gasteiger partial charge >= 0.3 is 0 Å². The van der Waals surface area contributed by atoms with Crippen LogP contribution >= 0.6 is 11.3 Å². The molecule has 2 fully saturated rings. The Bertz CT molecular complexity index is 1550. The van der Waals surface area contributed by atoms with Crippen LogP contribution in [0.5, 0.6) is 0 Å². The second-order valence-corrected chi connectivity index (χ2v) is 12.3. The molecule has 3 aromatic heterocycles. The maximum atomic E-state index is 10.3. The third-order valence-electron chi connectivity index (χ3n) is 7.86. The number of thiophene rings is 1. The average molecular weight is 557 g/mol. The molecule has 0 saturated carbocycles. The maximum Gasteiger partial charge on any atom is 0.253 e. The average Bonchev–Trinajstić information content (AvgIpc) is 3.60. The number of rotatable bonds is 5. The Hall–Kier alpha value is -3.29. The Morgan fingerprint density at radius 1 is 1.07 bits per heavy atom. The van der Waals surface area contributed by atoms with E-state index in [1.54, 1.807) is 16.0 Å². The standard InChI is InChI=1S/C31H36N6O2S/c1-22-6-4-7-23(20-22)26-11-15-37(34-26)30-32-27-21-25(40-28(27)29(33-30)36-16-18-39-19-17-36)8-5-12-35-13-9-24(10-14-35)31(2,3)38/h4,6-7,11,15,20-21,24,38H,9-10,12-14,16-19H2,1-3H3. The van der Waals surface area contributed by atoms with Gasteiger partial charge in [0, 0.05) is 24.8 Å². The first-order valence-corrected chi connectivity index (χ1v) is 14.9. The van der Waals surface area contributed by atoms with E-state index in [9.17, 15) is 5.11 Å². The van der Waals surface area contributed by atoms with Crippen molar-refractivity contribution in [1.82, 2.24) is 24.6 Å². The Balaban J connectivity index is 1.26. The van der Waals surface area contributed by atoms with Crippen LogP contribution in [-0.4, -0.2) is 81.3 Å². The van der Waals surface area contributed by atoms with Crippen molar-refractivity contribution in [1.29, 1.82) is 0 Å². The number of hydrogen-bond acceptors (Lipinski definition) is 8. The van der Waals surface area contributed by atoms with Gasteiger partial charge in [-0.1, -0.05) is 35.6 Å². The fourth-order valence-electron chi connectivity index (χ4n) is 5.49. The summed E-state index contributed by atoms with van der Waals surface area (Å²) in [6.07, 6.45) is 3.94. The zero-order chi connectivity index (χ0) is 27.7. The largest absolute Gasteiger partial charge is 0.390 e. The molecule has 1 aromatic carbocycles. The van der Waals surface area contributed by atoms with E-state index in [1.165, 1.54) is 5.56 Å². The Morgan fingerprint density at radius 2 is 1.88 bits per heavy atom. The zero-order valence-electron chi connectivity index (χ0n) is 23.4. The number of hydrogen-bond donors (Lipinski definition) is 1. The normalized spacial score (nSPS) is 17.2. The molecule has 2 saturated heterocycles. The number of likely N-dealkylation sites (tertiary alicyclic amines) is 1. The molecule has 2 aliphatic rings. The molecule has 5 heterocycles. The maximum absolute atomic E-state index is 10.3. The molecule has 0 atom stereocenters. The summed E-state index contributed by atoms with van der Waals surface area (Å²) >= 11 is 1.65. The summed E-state index contributed by atoms with van der Waals surface area (Å²) in [5.74, 6) is 8.60.